The van der Waals surface area contributed by atoms with Crippen molar-refractivity contribution in [1.29, 1.82) is 0 Å². The molecule has 2 fully saturated rings. The second-order valence-electron chi connectivity index (χ2n) is 11.4. The highest BCUT2D eigenvalue weighted by Gasteiger charge is 2.20. The smallest absolute Gasteiger partial charge is 0.119 e. The number of hydrogen-bond acceptors (Lipinski definition) is 1. The molecule has 1 heteroatoms. The van der Waals surface area contributed by atoms with E-state index in [-0.39, 0.29) is 0 Å². The van der Waals surface area contributed by atoms with E-state index < -0.39 is 0 Å². The summed E-state index contributed by atoms with van der Waals surface area (Å²) in [4.78, 5) is 0. The summed E-state index contributed by atoms with van der Waals surface area (Å²) >= 11 is 0. The van der Waals surface area contributed by atoms with Crippen LogP contribution in [0.5, 0.6) is 5.75 Å². The average molecular weight is 441 g/mol. The first-order chi connectivity index (χ1) is 15.7. The summed E-state index contributed by atoms with van der Waals surface area (Å²) in [6, 6.07) is 8.99. The van der Waals surface area contributed by atoms with Crippen LogP contribution in [0.15, 0.2) is 24.3 Å². The molecule has 2 aliphatic carbocycles. The van der Waals surface area contributed by atoms with E-state index in [9.17, 15) is 0 Å². The second-order valence-corrected chi connectivity index (χ2v) is 11.4. The lowest BCUT2D eigenvalue weighted by Crippen LogP contribution is -2.15. The Balaban J connectivity index is 1.20. The van der Waals surface area contributed by atoms with Gasteiger partial charge in [0.05, 0.1) is 6.61 Å². The zero-order chi connectivity index (χ0) is 22.4. The summed E-state index contributed by atoms with van der Waals surface area (Å²) in [5.74, 6) is 4.97. The van der Waals surface area contributed by atoms with Crippen LogP contribution in [0.25, 0.3) is 0 Å². The van der Waals surface area contributed by atoms with Crippen molar-refractivity contribution in [3.05, 3.63) is 29.8 Å². The first-order valence-corrected chi connectivity index (χ1v) is 14.4. The quantitative estimate of drug-likeness (QED) is 0.261. The van der Waals surface area contributed by atoms with Crippen molar-refractivity contribution in [3.8, 4) is 5.75 Å². The highest BCUT2D eigenvalue weighted by atomic mass is 16.5. The standard InChI is InChI=1S/C31H52O/c1-3-4-5-6-7-9-27-15-17-28(18-16-27)10-8-25-32-31-23-21-30(22-24-31)20-19-29-13-11-26(2)12-14-29/h21-24,26-29H,3-20,25H2,1-2H3. The van der Waals surface area contributed by atoms with E-state index in [0.717, 1.165) is 36.0 Å². The largest absolute Gasteiger partial charge is 0.494 e. The van der Waals surface area contributed by atoms with Crippen molar-refractivity contribution >= 4 is 0 Å². The van der Waals surface area contributed by atoms with E-state index in [1.807, 2.05) is 0 Å². The molecular weight excluding hydrogens is 388 g/mol. The molecule has 0 N–H and O–H groups in total. The molecule has 1 aromatic rings. The third-order valence-corrected chi connectivity index (χ3v) is 8.61. The predicted octanol–water partition coefficient (Wildman–Crippen LogP) is 9.77. The van der Waals surface area contributed by atoms with Gasteiger partial charge >= 0.3 is 0 Å². The highest BCUT2D eigenvalue weighted by molar-refractivity contribution is 5.27. The van der Waals surface area contributed by atoms with E-state index in [0.29, 0.717) is 0 Å². The Labute approximate surface area is 200 Å². The van der Waals surface area contributed by atoms with Gasteiger partial charge in [-0.2, -0.15) is 0 Å². The average Bonchev–Trinajstić information content (AvgIpc) is 2.83. The molecule has 2 aliphatic rings. The molecule has 182 valence electrons. The maximum atomic E-state index is 6.06. The summed E-state index contributed by atoms with van der Waals surface area (Å²) in [6.07, 6.45) is 25.5. The lowest BCUT2D eigenvalue weighted by atomic mass is 9.78. The van der Waals surface area contributed by atoms with E-state index in [4.69, 9.17) is 4.74 Å². The van der Waals surface area contributed by atoms with Gasteiger partial charge in [-0.25, -0.2) is 0 Å². The predicted molar refractivity (Wildman–Crippen MR) is 139 cm³/mol. The molecule has 0 unspecified atom stereocenters. The van der Waals surface area contributed by atoms with Crippen LogP contribution in [0.1, 0.15) is 129 Å². The Hall–Kier alpha value is -0.980. The molecule has 0 spiro atoms. The highest BCUT2D eigenvalue weighted by Crippen LogP contribution is 2.34. The first kappa shape index (κ1) is 25.6. The summed E-state index contributed by atoms with van der Waals surface area (Å²) in [5, 5.41) is 0. The fourth-order valence-corrected chi connectivity index (χ4v) is 6.15. The molecular formula is C31H52O. The summed E-state index contributed by atoms with van der Waals surface area (Å²) in [7, 11) is 0. The van der Waals surface area contributed by atoms with Gasteiger partial charge in [-0.3, -0.25) is 0 Å². The summed E-state index contributed by atoms with van der Waals surface area (Å²) < 4.78 is 6.06. The SMILES string of the molecule is CCCCCCCC1CCC(CCCOc2ccc(CCC3CCC(C)CC3)cc2)CC1. The molecule has 1 aromatic carbocycles. The van der Waals surface area contributed by atoms with E-state index in [1.165, 1.54) is 121 Å². The van der Waals surface area contributed by atoms with Crippen molar-refractivity contribution in [1.82, 2.24) is 0 Å². The molecule has 0 radical (unpaired) electrons. The molecule has 0 amide bonds. The Morgan fingerprint density at radius 3 is 1.88 bits per heavy atom. The molecule has 2 saturated carbocycles. The van der Waals surface area contributed by atoms with Gasteiger partial charge in [0.2, 0.25) is 0 Å². The van der Waals surface area contributed by atoms with E-state index in [2.05, 4.69) is 38.1 Å². The Morgan fingerprint density at radius 2 is 1.22 bits per heavy atom. The molecule has 0 aromatic heterocycles. The van der Waals surface area contributed by atoms with Gasteiger partial charge in [0.25, 0.3) is 0 Å². The maximum absolute atomic E-state index is 6.06. The van der Waals surface area contributed by atoms with Crippen LogP contribution < -0.4 is 4.74 Å². The first-order valence-electron chi connectivity index (χ1n) is 14.4. The van der Waals surface area contributed by atoms with Gasteiger partial charge in [0.1, 0.15) is 5.75 Å². The molecule has 0 saturated heterocycles. The molecule has 0 aliphatic heterocycles. The van der Waals surface area contributed by atoms with Crippen LogP contribution in [-0.2, 0) is 6.42 Å². The van der Waals surface area contributed by atoms with Crippen LogP contribution in [-0.4, -0.2) is 6.61 Å². The zero-order valence-electron chi connectivity index (χ0n) is 21.5. The topological polar surface area (TPSA) is 9.23 Å². The van der Waals surface area contributed by atoms with E-state index >= 15 is 0 Å². The molecule has 1 nitrogen and oxygen atoms in total. The van der Waals surface area contributed by atoms with Crippen LogP contribution in [0, 0.1) is 23.7 Å². The third kappa shape index (κ3) is 9.88. The number of aryl methyl sites for hydroxylation is 1. The Morgan fingerprint density at radius 1 is 0.656 bits per heavy atom. The number of rotatable bonds is 14. The van der Waals surface area contributed by atoms with Crippen molar-refractivity contribution in [2.45, 2.75) is 129 Å². The lowest BCUT2D eigenvalue weighted by Gasteiger charge is -2.28. The Bertz CT molecular complexity index is 575. The third-order valence-electron chi connectivity index (χ3n) is 8.61. The monoisotopic (exact) mass is 440 g/mol. The van der Waals surface area contributed by atoms with E-state index in [1.54, 1.807) is 0 Å². The van der Waals surface area contributed by atoms with Crippen LogP contribution in [0.3, 0.4) is 0 Å². The maximum Gasteiger partial charge on any atom is 0.119 e. The number of ether oxygens (including phenoxy) is 1. The van der Waals surface area contributed by atoms with Crippen molar-refractivity contribution in [2.24, 2.45) is 23.7 Å². The van der Waals surface area contributed by atoms with Gasteiger partial charge in [-0.1, -0.05) is 116 Å². The molecule has 0 atom stereocenters. The minimum atomic E-state index is 0.886. The number of benzene rings is 1. The van der Waals surface area contributed by atoms with Crippen molar-refractivity contribution < 1.29 is 4.74 Å². The van der Waals surface area contributed by atoms with Crippen LogP contribution in [0.2, 0.25) is 0 Å². The van der Waals surface area contributed by atoms with Crippen LogP contribution in [0.4, 0.5) is 0 Å². The van der Waals surface area contributed by atoms with Crippen LogP contribution >= 0.6 is 0 Å². The number of hydrogen-bond donors (Lipinski definition) is 0. The fourth-order valence-electron chi connectivity index (χ4n) is 6.15. The number of unbranched alkanes of at least 4 members (excludes halogenated alkanes) is 4. The van der Waals surface area contributed by atoms with Gasteiger partial charge in [-0.05, 0) is 67.1 Å². The van der Waals surface area contributed by atoms with Crippen molar-refractivity contribution in [2.75, 3.05) is 6.61 Å². The van der Waals surface area contributed by atoms with Gasteiger partial charge in [0.15, 0.2) is 0 Å². The minimum absolute atomic E-state index is 0.886. The summed E-state index contributed by atoms with van der Waals surface area (Å²) in [6.45, 7) is 5.61. The lowest BCUT2D eigenvalue weighted by molar-refractivity contribution is 0.228. The Kier molecular flexibility index (Phi) is 12.0. The zero-order valence-corrected chi connectivity index (χ0v) is 21.5. The van der Waals surface area contributed by atoms with Gasteiger partial charge in [0, 0.05) is 0 Å². The molecule has 32 heavy (non-hydrogen) atoms. The molecule has 3 rings (SSSR count). The minimum Gasteiger partial charge on any atom is -0.494 e. The molecule has 0 heterocycles. The molecule has 0 bridgehead atoms. The van der Waals surface area contributed by atoms with Gasteiger partial charge in [-0.15, -0.1) is 0 Å². The fraction of sp³-hybridized carbons (Fsp3) is 0.806. The second kappa shape index (κ2) is 15.0. The normalized spacial score (nSPS) is 26.2. The van der Waals surface area contributed by atoms with Crippen molar-refractivity contribution in [3.63, 3.8) is 0 Å². The summed E-state index contributed by atoms with van der Waals surface area (Å²) in [5.41, 5.74) is 1.48. The van der Waals surface area contributed by atoms with Gasteiger partial charge < -0.3 is 4.74 Å².